The molecular weight excluding hydrogens is 220 g/mol. The monoisotopic (exact) mass is 244 g/mol. The van der Waals surface area contributed by atoms with Crippen molar-refractivity contribution in [3.63, 3.8) is 0 Å². The number of hydrogen-bond donors (Lipinski definition) is 2. The van der Waals surface area contributed by atoms with Gasteiger partial charge in [0.1, 0.15) is 11.2 Å². The highest BCUT2D eigenvalue weighted by atomic mass is 16.6. The normalized spacial score (nSPS) is 21.1. The predicted octanol–water partition coefficient (Wildman–Crippen LogP) is 0.951. The number of rotatable bonds is 2. The molecule has 17 heavy (non-hydrogen) atoms. The molecule has 1 atom stereocenters. The van der Waals surface area contributed by atoms with Crippen molar-refractivity contribution in [2.75, 3.05) is 13.1 Å². The van der Waals surface area contributed by atoms with Gasteiger partial charge >= 0.3 is 6.09 Å². The lowest BCUT2D eigenvalue weighted by molar-refractivity contribution is -0.118. The Morgan fingerprint density at radius 1 is 1.41 bits per heavy atom. The molecule has 5 nitrogen and oxygen atoms in total. The third-order valence-corrected chi connectivity index (χ3v) is 2.92. The summed E-state index contributed by atoms with van der Waals surface area (Å²) in [7, 11) is 0. The molecule has 1 fully saturated rings. The zero-order valence-corrected chi connectivity index (χ0v) is 11.4. The van der Waals surface area contributed by atoms with Crippen molar-refractivity contribution in [2.45, 2.75) is 51.9 Å². The van der Waals surface area contributed by atoms with Gasteiger partial charge in [0, 0.05) is 6.04 Å². The lowest BCUT2D eigenvalue weighted by atomic mass is 9.81. The van der Waals surface area contributed by atoms with Crippen molar-refractivity contribution in [3.05, 3.63) is 0 Å². The number of β-amino-alcohol motifs (C(OH)–C–C–N with tert-alkyl or cyclic N) is 1. The van der Waals surface area contributed by atoms with Gasteiger partial charge in [-0.05, 0) is 26.7 Å². The number of likely N-dealkylation sites (tertiary alicyclic amines) is 1. The van der Waals surface area contributed by atoms with Crippen LogP contribution in [-0.2, 0) is 4.74 Å². The van der Waals surface area contributed by atoms with Gasteiger partial charge in [-0.3, -0.25) is 0 Å². The van der Waals surface area contributed by atoms with E-state index in [1.54, 1.807) is 0 Å². The standard InChI is InChI=1S/C12H24N2O3/c1-8(2)9(13)12(16)6-14(7-12)10(15)17-11(3,4)5/h8-9,16H,6-7,13H2,1-5H3. The molecule has 3 N–H and O–H groups in total. The summed E-state index contributed by atoms with van der Waals surface area (Å²) < 4.78 is 5.21. The Morgan fingerprint density at radius 3 is 2.24 bits per heavy atom. The molecule has 0 saturated carbocycles. The Kier molecular flexibility index (Phi) is 3.74. The zero-order valence-electron chi connectivity index (χ0n) is 11.4. The van der Waals surface area contributed by atoms with Gasteiger partial charge in [-0.15, -0.1) is 0 Å². The first kappa shape index (κ1) is 14.3. The van der Waals surface area contributed by atoms with Gasteiger partial charge in [-0.2, -0.15) is 0 Å². The first-order valence-corrected chi connectivity index (χ1v) is 6.01. The van der Waals surface area contributed by atoms with E-state index in [1.165, 1.54) is 4.90 Å². The summed E-state index contributed by atoms with van der Waals surface area (Å²) in [6.45, 7) is 9.87. The van der Waals surface area contributed by atoms with Gasteiger partial charge in [-0.25, -0.2) is 4.79 Å². The highest BCUT2D eigenvalue weighted by Gasteiger charge is 2.49. The summed E-state index contributed by atoms with van der Waals surface area (Å²) in [4.78, 5) is 13.2. The molecule has 0 aromatic heterocycles. The van der Waals surface area contributed by atoms with E-state index in [0.717, 1.165) is 0 Å². The quantitative estimate of drug-likeness (QED) is 0.758. The fraction of sp³-hybridized carbons (Fsp3) is 0.917. The zero-order chi connectivity index (χ0) is 13.4. The number of nitrogens with two attached hydrogens (primary N) is 1. The number of ether oxygens (including phenoxy) is 1. The molecule has 1 saturated heterocycles. The molecular formula is C12H24N2O3. The van der Waals surface area contributed by atoms with Crippen molar-refractivity contribution in [1.29, 1.82) is 0 Å². The molecule has 0 aromatic rings. The molecule has 0 aromatic carbocycles. The summed E-state index contributed by atoms with van der Waals surface area (Å²) in [5.74, 6) is 0.181. The molecule has 100 valence electrons. The van der Waals surface area contributed by atoms with Crippen molar-refractivity contribution < 1.29 is 14.6 Å². The van der Waals surface area contributed by atoms with Gasteiger partial charge in [-0.1, -0.05) is 13.8 Å². The minimum Gasteiger partial charge on any atom is -0.444 e. The number of aliphatic hydroxyl groups is 1. The summed E-state index contributed by atoms with van der Waals surface area (Å²) in [5, 5.41) is 10.2. The highest BCUT2D eigenvalue weighted by Crippen LogP contribution is 2.28. The van der Waals surface area contributed by atoms with Crippen LogP contribution in [0.1, 0.15) is 34.6 Å². The molecule has 1 heterocycles. The van der Waals surface area contributed by atoms with E-state index in [-0.39, 0.29) is 25.0 Å². The maximum absolute atomic E-state index is 11.7. The van der Waals surface area contributed by atoms with Gasteiger partial charge in [0.15, 0.2) is 0 Å². The molecule has 0 aliphatic carbocycles. The van der Waals surface area contributed by atoms with Crippen LogP contribution in [0, 0.1) is 5.92 Å². The number of amides is 1. The number of carbonyl (C=O) groups is 1. The van der Waals surface area contributed by atoms with Crippen LogP contribution in [0.5, 0.6) is 0 Å². The molecule has 1 amide bonds. The van der Waals surface area contributed by atoms with Crippen molar-refractivity contribution >= 4 is 6.09 Å². The van der Waals surface area contributed by atoms with Crippen LogP contribution in [0.25, 0.3) is 0 Å². The SMILES string of the molecule is CC(C)C(N)C1(O)CN(C(=O)OC(C)(C)C)C1. The van der Waals surface area contributed by atoms with Crippen molar-refractivity contribution in [2.24, 2.45) is 11.7 Å². The summed E-state index contributed by atoms with van der Waals surface area (Å²) >= 11 is 0. The smallest absolute Gasteiger partial charge is 0.410 e. The minimum absolute atomic E-state index is 0.181. The van der Waals surface area contributed by atoms with Gasteiger partial charge in [0.2, 0.25) is 0 Å². The molecule has 0 radical (unpaired) electrons. The molecule has 0 bridgehead atoms. The van der Waals surface area contributed by atoms with Gasteiger partial charge in [0.25, 0.3) is 0 Å². The Labute approximate surface area is 103 Å². The lowest BCUT2D eigenvalue weighted by Crippen LogP contribution is -2.72. The number of hydrogen-bond acceptors (Lipinski definition) is 4. The van der Waals surface area contributed by atoms with Gasteiger partial charge < -0.3 is 20.5 Å². The van der Waals surface area contributed by atoms with Crippen LogP contribution in [0.3, 0.4) is 0 Å². The Balaban J connectivity index is 2.48. The van der Waals surface area contributed by atoms with Crippen LogP contribution in [0.2, 0.25) is 0 Å². The first-order chi connectivity index (χ1) is 7.55. The Morgan fingerprint density at radius 2 is 1.88 bits per heavy atom. The lowest BCUT2D eigenvalue weighted by Gasteiger charge is -2.50. The Hall–Kier alpha value is -0.810. The minimum atomic E-state index is -0.967. The molecule has 5 heteroatoms. The van der Waals surface area contributed by atoms with E-state index in [4.69, 9.17) is 10.5 Å². The van der Waals surface area contributed by atoms with Crippen LogP contribution in [0.15, 0.2) is 0 Å². The second-order valence-corrected chi connectivity index (χ2v) is 6.21. The molecule has 0 spiro atoms. The van der Waals surface area contributed by atoms with Crippen LogP contribution in [-0.4, -0.2) is 46.4 Å². The molecule has 1 rings (SSSR count). The maximum Gasteiger partial charge on any atom is 0.410 e. The molecule has 1 aliphatic rings. The van der Waals surface area contributed by atoms with E-state index in [1.807, 2.05) is 34.6 Å². The number of nitrogens with zero attached hydrogens (tertiary/aromatic N) is 1. The predicted molar refractivity (Wildman–Crippen MR) is 65.6 cm³/mol. The van der Waals surface area contributed by atoms with E-state index in [2.05, 4.69) is 0 Å². The van der Waals surface area contributed by atoms with Crippen molar-refractivity contribution in [1.82, 2.24) is 4.90 Å². The summed E-state index contributed by atoms with van der Waals surface area (Å²) in [6, 6.07) is -0.318. The largest absolute Gasteiger partial charge is 0.444 e. The second-order valence-electron chi connectivity index (χ2n) is 6.21. The summed E-state index contributed by atoms with van der Waals surface area (Å²) in [5.41, 5.74) is 4.44. The van der Waals surface area contributed by atoms with E-state index in [0.29, 0.717) is 0 Å². The van der Waals surface area contributed by atoms with E-state index >= 15 is 0 Å². The number of carbonyl (C=O) groups excluding carboxylic acids is 1. The van der Waals surface area contributed by atoms with Crippen LogP contribution < -0.4 is 5.73 Å². The van der Waals surface area contributed by atoms with Crippen LogP contribution in [0.4, 0.5) is 4.79 Å². The van der Waals surface area contributed by atoms with Gasteiger partial charge in [0.05, 0.1) is 13.1 Å². The molecule has 1 unspecified atom stereocenters. The average Bonchev–Trinajstić information content (AvgIpc) is 2.08. The van der Waals surface area contributed by atoms with Crippen LogP contribution >= 0.6 is 0 Å². The van der Waals surface area contributed by atoms with E-state index in [9.17, 15) is 9.90 Å². The highest BCUT2D eigenvalue weighted by molar-refractivity contribution is 5.69. The maximum atomic E-state index is 11.7. The van der Waals surface area contributed by atoms with E-state index < -0.39 is 17.3 Å². The topological polar surface area (TPSA) is 75.8 Å². The Bertz CT molecular complexity index is 291. The average molecular weight is 244 g/mol. The third kappa shape index (κ3) is 3.33. The fourth-order valence-corrected chi connectivity index (χ4v) is 1.90. The fourth-order valence-electron chi connectivity index (χ4n) is 1.90. The third-order valence-electron chi connectivity index (χ3n) is 2.92. The summed E-state index contributed by atoms with van der Waals surface area (Å²) in [6.07, 6.45) is -0.391. The molecule has 1 aliphatic heterocycles. The second kappa shape index (κ2) is 4.46. The first-order valence-electron chi connectivity index (χ1n) is 6.01. The van der Waals surface area contributed by atoms with Crippen molar-refractivity contribution in [3.8, 4) is 0 Å².